The van der Waals surface area contributed by atoms with Crippen molar-refractivity contribution in [1.82, 2.24) is 5.32 Å². The van der Waals surface area contributed by atoms with Gasteiger partial charge in [0.05, 0.1) is 6.54 Å². The van der Waals surface area contributed by atoms with Crippen LogP contribution in [0.25, 0.3) is 0 Å². The second-order valence-corrected chi connectivity index (χ2v) is 5.04. The minimum absolute atomic E-state index is 0.0685. The first-order chi connectivity index (χ1) is 7.24. The van der Waals surface area contributed by atoms with Crippen LogP contribution in [0.2, 0.25) is 0 Å². The summed E-state index contributed by atoms with van der Waals surface area (Å²) in [5, 5.41) is 3.18. The maximum Gasteiger partial charge on any atom is 0.320 e. The molecule has 0 aromatic carbocycles. The molecule has 0 spiro atoms. The number of carbonyl (C=O) groups is 1. The van der Waals surface area contributed by atoms with E-state index in [2.05, 4.69) is 12.2 Å². The maximum absolute atomic E-state index is 11.5. The smallest absolute Gasteiger partial charge is 0.320 e. The van der Waals surface area contributed by atoms with Crippen LogP contribution in [0.5, 0.6) is 0 Å². The minimum Gasteiger partial charge on any atom is -0.461 e. The van der Waals surface area contributed by atoms with Gasteiger partial charge in [-0.05, 0) is 38.0 Å². The SMILES string of the molecule is CC1CCCC(OC(=O)CNC2CC2)C1. The lowest BCUT2D eigenvalue weighted by Crippen LogP contribution is -2.31. The molecule has 3 heteroatoms. The molecule has 2 aliphatic rings. The zero-order chi connectivity index (χ0) is 10.7. The summed E-state index contributed by atoms with van der Waals surface area (Å²) >= 11 is 0. The molecule has 0 heterocycles. The van der Waals surface area contributed by atoms with Crippen molar-refractivity contribution in [3.8, 4) is 0 Å². The molecule has 0 aromatic rings. The van der Waals surface area contributed by atoms with Gasteiger partial charge in [0.25, 0.3) is 0 Å². The number of nitrogens with one attached hydrogen (secondary N) is 1. The van der Waals surface area contributed by atoms with E-state index in [0.29, 0.717) is 18.5 Å². The van der Waals surface area contributed by atoms with Gasteiger partial charge in [-0.15, -0.1) is 0 Å². The fourth-order valence-electron chi connectivity index (χ4n) is 2.23. The molecule has 2 unspecified atom stereocenters. The van der Waals surface area contributed by atoms with Crippen molar-refractivity contribution in [3.63, 3.8) is 0 Å². The largest absolute Gasteiger partial charge is 0.461 e. The third kappa shape index (κ3) is 3.82. The third-order valence-corrected chi connectivity index (χ3v) is 3.30. The van der Waals surface area contributed by atoms with E-state index in [1.54, 1.807) is 0 Å². The van der Waals surface area contributed by atoms with Gasteiger partial charge in [-0.25, -0.2) is 0 Å². The van der Waals surface area contributed by atoms with E-state index in [4.69, 9.17) is 4.74 Å². The second-order valence-electron chi connectivity index (χ2n) is 5.04. The van der Waals surface area contributed by atoms with Crippen LogP contribution in [0.3, 0.4) is 0 Å². The number of hydrogen-bond donors (Lipinski definition) is 1. The maximum atomic E-state index is 11.5. The predicted octanol–water partition coefficient (Wildman–Crippen LogP) is 1.86. The highest BCUT2D eigenvalue weighted by Gasteiger charge is 2.24. The van der Waals surface area contributed by atoms with Crippen LogP contribution in [-0.2, 0) is 9.53 Å². The van der Waals surface area contributed by atoms with Crippen molar-refractivity contribution in [2.45, 2.75) is 57.6 Å². The molecular formula is C12H21NO2. The Morgan fingerprint density at radius 3 is 2.80 bits per heavy atom. The first-order valence-electron chi connectivity index (χ1n) is 6.17. The summed E-state index contributed by atoms with van der Waals surface area (Å²) in [6.45, 7) is 2.64. The fourth-order valence-corrected chi connectivity index (χ4v) is 2.23. The molecular weight excluding hydrogens is 190 g/mol. The van der Waals surface area contributed by atoms with Gasteiger partial charge in [-0.3, -0.25) is 4.79 Å². The van der Waals surface area contributed by atoms with Crippen LogP contribution >= 0.6 is 0 Å². The summed E-state index contributed by atoms with van der Waals surface area (Å²) in [5.41, 5.74) is 0. The van der Waals surface area contributed by atoms with Crippen molar-refractivity contribution in [1.29, 1.82) is 0 Å². The van der Waals surface area contributed by atoms with Crippen LogP contribution in [0.1, 0.15) is 45.4 Å². The van der Waals surface area contributed by atoms with E-state index >= 15 is 0 Å². The average Bonchev–Trinajstić information content (AvgIpc) is 2.98. The Hall–Kier alpha value is -0.570. The number of esters is 1. The van der Waals surface area contributed by atoms with Gasteiger partial charge in [-0.2, -0.15) is 0 Å². The third-order valence-electron chi connectivity index (χ3n) is 3.30. The van der Waals surface area contributed by atoms with E-state index in [-0.39, 0.29) is 12.1 Å². The Morgan fingerprint density at radius 1 is 1.33 bits per heavy atom. The van der Waals surface area contributed by atoms with Crippen LogP contribution < -0.4 is 5.32 Å². The number of ether oxygens (including phenoxy) is 1. The topological polar surface area (TPSA) is 38.3 Å². The van der Waals surface area contributed by atoms with E-state index < -0.39 is 0 Å². The molecule has 0 saturated heterocycles. The minimum atomic E-state index is -0.0685. The Bertz CT molecular complexity index is 226. The molecule has 0 aliphatic heterocycles. The highest BCUT2D eigenvalue weighted by atomic mass is 16.5. The van der Waals surface area contributed by atoms with Gasteiger partial charge < -0.3 is 10.1 Å². The van der Waals surface area contributed by atoms with E-state index in [9.17, 15) is 4.79 Å². The van der Waals surface area contributed by atoms with Gasteiger partial charge in [0.15, 0.2) is 0 Å². The van der Waals surface area contributed by atoms with Gasteiger partial charge in [-0.1, -0.05) is 13.3 Å². The van der Waals surface area contributed by atoms with E-state index in [0.717, 1.165) is 12.8 Å². The van der Waals surface area contributed by atoms with Crippen LogP contribution in [0.4, 0.5) is 0 Å². The first kappa shape index (κ1) is 10.9. The van der Waals surface area contributed by atoms with E-state index in [1.807, 2.05) is 0 Å². The van der Waals surface area contributed by atoms with Crippen LogP contribution in [0.15, 0.2) is 0 Å². The fraction of sp³-hybridized carbons (Fsp3) is 0.917. The predicted molar refractivity (Wildman–Crippen MR) is 58.5 cm³/mol. The summed E-state index contributed by atoms with van der Waals surface area (Å²) in [6.07, 6.45) is 7.21. The second kappa shape index (κ2) is 4.97. The lowest BCUT2D eigenvalue weighted by atomic mass is 9.89. The molecule has 15 heavy (non-hydrogen) atoms. The molecule has 2 atom stereocenters. The highest BCUT2D eigenvalue weighted by Crippen LogP contribution is 2.25. The zero-order valence-electron chi connectivity index (χ0n) is 9.50. The van der Waals surface area contributed by atoms with Crippen LogP contribution in [0, 0.1) is 5.92 Å². The Labute approximate surface area is 91.6 Å². The van der Waals surface area contributed by atoms with Crippen molar-refractivity contribution in [3.05, 3.63) is 0 Å². The summed E-state index contributed by atoms with van der Waals surface area (Å²) < 4.78 is 5.44. The number of carbonyl (C=O) groups excluding carboxylic acids is 1. The zero-order valence-corrected chi connectivity index (χ0v) is 9.50. The molecule has 0 amide bonds. The molecule has 0 radical (unpaired) electrons. The monoisotopic (exact) mass is 211 g/mol. The molecule has 2 aliphatic carbocycles. The molecule has 0 bridgehead atoms. The number of rotatable bonds is 4. The Kier molecular flexibility index (Phi) is 3.62. The summed E-state index contributed by atoms with van der Waals surface area (Å²) in [5.74, 6) is 0.647. The van der Waals surface area contributed by atoms with E-state index in [1.165, 1.54) is 25.7 Å². The highest BCUT2D eigenvalue weighted by molar-refractivity contribution is 5.71. The molecule has 3 nitrogen and oxygen atoms in total. The Morgan fingerprint density at radius 2 is 2.13 bits per heavy atom. The normalized spacial score (nSPS) is 31.3. The molecule has 2 fully saturated rings. The van der Waals surface area contributed by atoms with Gasteiger partial charge in [0.2, 0.25) is 0 Å². The van der Waals surface area contributed by atoms with Crippen LogP contribution in [-0.4, -0.2) is 24.7 Å². The van der Waals surface area contributed by atoms with Crippen molar-refractivity contribution in [2.24, 2.45) is 5.92 Å². The number of hydrogen-bond acceptors (Lipinski definition) is 3. The van der Waals surface area contributed by atoms with Crippen molar-refractivity contribution >= 4 is 5.97 Å². The lowest BCUT2D eigenvalue weighted by Gasteiger charge is -2.26. The quantitative estimate of drug-likeness (QED) is 0.721. The van der Waals surface area contributed by atoms with Crippen molar-refractivity contribution < 1.29 is 9.53 Å². The van der Waals surface area contributed by atoms with Gasteiger partial charge in [0.1, 0.15) is 6.10 Å². The lowest BCUT2D eigenvalue weighted by molar-refractivity contribution is -0.150. The van der Waals surface area contributed by atoms with Gasteiger partial charge in [0, 0.05) is 6.04 Å². The molecule has 2 saturated carbocycles. The van der Waals surface area contributed by atoms with Crippen molar-refractivity contribution in [2.75, 3.05) is 6.54 Å². The van der Waals surface area contributed by atoms with Gasteiger partial charge >= 0.3 is 5.97 Å². The molecule has 0 aromatic heterocycles. The summed E-state index contributed by atoms with van der Waals surface area (Å²) in [6, 6.07) is 0.586. The average molecular weight is 211 g/mol. The summed E-state index contributed by atoms with van der Waals surface area (Å²) in [7, 11) is 0. The molecule has 2 rings (SSSR count). The molecule has 86 valence electrons. The standard InChI is InChI=1S/C12H21NO2/c1-9-3-2-4-11(7-9)15-12(14)8-13-10-5-6-10/h9-11,13H,2-8H2,1H3. The first-order valence-corrected chi connectivity index (χ1v) is 6.17. The summed E-state index contributed by atoms with van der Waals surface area (Å²) in [4.78, 5) is 11.5. The molecule has 1 N–H and O–H groups in total. The Balaban J connectivity index is 1.63.